The number of hydrogen-bond donors (Lipinski definition) is 1. The molecule has 0 fully saturated rings. The van der Waals surface area contributed by atoms with Gasteiger partial charge in [0.25, 0.3) is 10.0 Å². The van der Waals surface area contributed by atoms with E-state index < -0.39 is 26.1 Å². The van der Waals surface area contributed by atoms with E-state index in [0.29, 0.717) is 28.4 Å². The van der Waals surface area contributed by atoms with Crippen LogP contribution in [0.4, 0.5) is 5.69 Å². The quantitative estimate of drug-likeness (QED) is 0.479. The highest BCUT2D eigenvalue weighted by molar-refractivity contribution is 7.92. The highest BCUT2D eigenvalue weighted by atomic mass is 35.5. The molecule has 3 aromatic carbocycles. The van der Waals surface area contributed by atoms with Gasteiger partial charge in [-0.25, -0.2) is 8.42 Å². The second-order valence-corrected chi connectivity index (χ2v) is 12.2. The van der Waals surface area contributed by atoms with Gasteiger partial charge in [0.15, 0.2) is 0 Å². The molecule has 10 heteroatoms. The van der Waals surface area contributed by atoms with Gasteiger partial charge in [-0.2, -0.15) is 17.9 Å². The summed E-state index contributed by atoms with van der Waals surface area (Å²) < 4.78 is 54.4. The predicted octanol–water partition coefficient (Wildman–Crippen LogP) is 4.95. The zero-order valence-electron chi connectivity index (χ0n) is 18.6. The van der Waals surface area contributed by atoms with Crippen LogP contribution in [0.3, 0.4) is 0 Å². The molecule has 0 bridgehead atoms. The molecule has 1 heterocycles. The first-order valence-corrected chi connectivity index (χ1v) is 14.1. The van der Waals surface area contributed by atoms with Crippen LogP contribution in [-0.2, 0) is 20.0 Å². The number of nitrogens with zero attached hydrogens (tertiary/aromatic N) is 2. The Bertz CT molecular complexity index is 1440. The lowest BCUT2D eigenvalue weighted by atomic mass is 9.98. The zero-order valence-corrected chi connectivity index (χ0v) is 21.0. The van der Waals surface area contributed by atoms with Gasteiger partial charge >= 0.3 is 0 Å². The van der Waals surface area contributed by atoms with Crippen molar-refractivity contribution in [3.8, 4) is 0 Å². The van der Waals surface area contributed by atoms with Crippen LogP contribution in [0.5, 0.6) is 0 Å². The van der Waals surface area contributed by atoms with Crippen molar-refractivity contribution < 1.29 is 16.8 Å². The Morgan fingerprint density at radius 2 is 1.68 bits per heavy atom. The maximum atomic E-state index is 13.5. The lowest BCUT2D eigenvalue weighted by molar-refractivity contribution is 0.371. The number of hydrogen-bond acceptors (Lipinski definition) is 5. The van der Waals surface area contributed by atoms with Gasteiger partial charge < -0.3 is 0 Å². The van der Waals surface area contributed by atoms with Gasteiger partial charge in [-0.05, 0) is 61.4 Å². The summed E-state index contributed by atoms with van der Waals surface area (Å²) in [6, 6.07) is 19.9. The van der Waals surface area contributed by atoms with Gasteiger partial charge in [-0.15, -0.1) is 0 Å². The molecule has 0 radical (unpaired) electrons. The first-order chi connectivity index (χ1) is 16.1. The number of rotatable bonds is 7. The largest absolute Gasteiger partial charge is 0.284 e. The van der Waals surface area contributed by atoms with E-state index in [4.69, 9.17) is 11.6 Å². The number of nitrogens with one attached hydrogen (secondary N) is 1. The summed E-state index contributed by atoms with van der Waals surface area (Å²) in [5.41, 5.74) is 3.59. The Labute approximate surface area is 205 Å². The molecule has 178 valence electrons. The summed E-state index contributed by atoms with van der Waals surface area (Å²) in [5.74, 6) is -0.0306. The van der Waals surface area contributed by atoms with Crippen molar-refractivity contribution >= 4 is 43.0 Å². The molecular formula is C24H24ClN3O4S2. The third-order valence-electron chi connectivity index (χ3n) is 5.53. The van der Waals surface area contributed by atoms with E-state index in [0.717, 1.165) is 15.5 Å². The molecule has 1 N–H and O–H groups in total. The Morgan fingerprint density at radius 3 is 2.29 bits per heavy atom. The van der Waals surface area contributed by atoms with Crippen LogP contribution in [0, 0.1) is 6.92 Å². The van der Waals surface area contributed by atoms with Crippen molar-refractivity contribution in [2.24, 2.45) is 5.10 Å². The van der Waals surface area contributed by atoms with Crippen molar-refractivity contribution in [3.05, 3.63) is 94.5 Å². The average molecular weight is 518 g/mol. The fourth-order valence-corrected chi connectivity index (χ4v) is 5.91. The lowest BCUT2D eigenvalue weighted by Gasteiger charge is -2.23. The summed E-state index contributed by atoms with van der Waals surface area (Å²) in [6.07, 6.45) is 0.371. The van der Waals surface area contributed by atoms with Crippen LogP contribution in [0.1, 0.15) is 36.1 Å². The van der Waals surface area contributed by atoms with Crippen molar-refractivity contribution in [1.82, 2.24) is 4.41 Å². The molecule has 0 saturated heterocycles. The molecule has 34 heavy (non-hydrogen) atoms. The van der Waals surface area contributed by atoms with Gasteiger partial charge in [-0.3, -0.25) is 4.72 Å². The maximum absolute atomic E-state index is 13.5. The SMILES string of the molecule is CCS(=O)(=O)Nc1ccc(C2=NN(S(=O)(=O)c3ccc(Cl)cc3)[C@H](c3cccc(C)c3)C2)cc1. The molecule has 1 aliphatic heterocycles. The molecule has 4 rings (SSSR count). The molecular weight excluding hydrogens is 494 g/mol. The molecule has 0 unspecified atom stereocenters. The lowest BCUT2D eigenvalue weighted by Crippen LogP contribution is -2.27. The third-order valence-corrected chi connectivity index (χ3v) is 8.78. The molecule has 3 aromatic rings. The van der Waals surface area contributed by atoms with Crippen LogP contribution in [-0.4, -0.2) is 32.7 Å². The van der Waals surface area contributed by atoms with Crippen molar-refractivity contribution in [3.63, 3.8) is 0 Å². The second kappa shape index (κ2) is 9.40. The molecule has 0 saturated carbocycles. The van der Waals surface area contributed by atoms with Crippen LogP contribution < -0.4 is 4.72 Å². The first kappa shape index (κ1) is 24.3. The van der Waals surface area contributed by atoms with Crippen LogP contribution in [0.2, 0.25) is 5.02 Å². The number of sulfonamides is 2. The minimum Gasteiger partial charge on any atom is -0.284 e. The average Bonchev–Trinajstić information content (AvgIpc) is 3.26. The fraction of sp³-hybridized carbons (Fsp3) is 0.208. The normalized spacial score (nSPS) is 16.4. The Balaban J connectivity index is 1.72. The number of hydrazone groups is 1. The van der Waals surface area contributed by atoms with E-state index in [1.165, 1.54) is 24.3 Å². The number of anilines is 1. The highest BCUT2D eigenvalue weighted by Gasteiger charge is 2.37. The second-order valence-electron chi connectivity index (χ2n) is 8.00. The summed E-state index contributed by atoms with van der Waals surface area (Å²) in [6.45, 7) is 3.51. The molecule has 0 aromatic heterocycles. The molecule has 0 spiro atoms. The highest BCUT2D eigenvalue weighted by Crippen LogP contribution is 2.37. The number of halogens is 1. The number of benzene rings is 3. The van der Waals surface area contributed by atoms with E-state index in [-0.39, 0.29) is 10.6 Å². The van der Waals surface area contributed by atoms with Crippen molar-refractivity contribution in [2.45, 2.75) is 31.2 Å². The van der Waals surface area contributed by atoms with E-state index in [2.05, 4.69) is 9.82 Å². The predicted molar refractivity (Wildman–Crippen MR) is 135 cm³/mol. The minimum absolute atomic E-state index is 0.0306. The topological polar surface area (TPSA) is 95.9 Å². The Kier molecular flexibility index (Phi) is 6.71. The van der Waals surface area contributed by atoms with Crippen LogP contribution in [0.15, 0.2) is 82.8 Å². The minimum atomic E-state index is -3.95. The Morgan fingerprint density at radius 1 is 1.00 bits per heavy atom. The summed E-state index contributed by atoms with van der Waals surface area (Å²) in [4.78, 5) is 0.101. The molecule has 1 aliphatic rings. The van der Waals surface area contributed by atoms with E-state index in [9.17, 15) is 16.8 Å². The summed E-state index contributed by atoms with van der Waals surface area (Å²) >= 11 is 5.95. The zero-order chi connectivity index (χ0) is 24.5. The molecule has 0 amide bonds. The van der Waals surface area contributed by atoms with Crippen LogP contribution in [0.25, 0.3) is 0 Å². The molecule has 0 aliphatic carbocycles. The van der Waals surface area contributed by atoms with Gasteiger partial charge in [0, 0.05) is 17.1 Å². The maximum Gasteiger partial charge on any atom is 0.279 e. The van der Waals surface area contributed by atoms with E-state index in [1.54, 1.807) is 31.2 Å². The summed E-state index contributed by atoms with van der Waals surface area (Å²) in [7, 11) is -7.34. The standard InChI is InChI=1S/C24H24ClN3O4S2/c1-3-33(29,30)27-21-11-7-18(8-12-21)23-16-24(19-6-4-5-17(2)15-19)28(26-23)34(31,32)22-13-9-20(25)10-14-22/h4-15,24,27H,3,16H2,1-2H3/t24-/m0/s1. The van der Waals surface area contributed by atoms with E-state index in [1.807, 2.05) is 31.2 Å². The summed E-state index contributed by atoms with van der Waals surface area (Å²) in [5, 5.41) is 4.97. The molecule has 7 nitrogen and oxygen atoms in total. The Hall–Kier alpha value is -2.88. The molecule has 1 atom stereocenters. The van der Waals surface area contributed by atoms with Gasteiger partial charge in [0.05, 0.1) is 22.4 Å². The number of aryl methyl sites for hydroxylation is 1. The van der Waals surface area contributed by atoms with Crippen molar-refractivity contribution in [2.75, 3.05) is 10.5 Å². The van der Waals surface area contributed by atoms with Gasteiger partial charge in [0.2, 0.25) is 10.0 Å². The third kappa shape index (κ3) is 5.11. The van der Waals surface area contributed by atoms with Gasteiger partial charge in [0.1, 0.15) is 0 Å². The first-order valence-electron chi connectivity index (χ1n) is 10.6. The van der Waals surface area contributed by atoms with Crippen LogP contribution >= 0.6 is 11.6 Å². The fourth-order valence-electron chi connectivity index (χ4n) is 3.71. The monoisotopic (exact) mass is 517 g/mol. The van der Waals surface area contributed by atoms with Gasteiger partial charge in [-0.1, -0.05) is 53.6 Å². The van der Waals surface area contributed by atoms with E-state index >= 15 is 0 Å². The van der Waals surface area contributed by atoms with Crippen molar-refractivity contribution in [1.29, 1.82) is 0 Å². The smallest absolute Gasteiger partial charge is 0.279 e.